The van der Waals surface area contributed by atoms with Crippen molar-refractivity contribution in [2.24, 2.45) is 0 Å². The van der Waals surface area contributed by atoms with Gasteiger partial charge in [-0.2, -0.15) is 0 Å². The standard InChI is InChI=1S/C12H18N2O2S/c1-8-14-9(7-17-8)6-16-11-5-13-10-3-2-4-15-12(10)11/h7,10-13H,2-6H2,1H3/t10-,11-,12+/m1/s1. The lowest BCUT2D eigenvalue weighted by Gasteiger charge is -2.28. The molecule has 0 aromatic carbocycles. The molecule has 0 bridgehead atoms. The van der Waals surface area contributed by atoms with E-state index in [0.29, 0.717) is 12.6 Å². The van der Waals surface area contributed by atoms with E-state index in [0.717, 1.165) is 30.3 Å². The first-order valence-corrected chi connectivity index (χ1v) is 7.08. The minimum Gasteiger partial charge on any atom is -0.374 e. The Hall–Kier alpha value is -0.490. The van der Waals surface area contributed by atoms with E-state index in [1.54, 1.807) is 11.3 Å². The second-order valence-corrected chi connectivity index (χ2v) is 5.76. The average Bonchev–Trinajstić information content (AvgIpc) is 2.93. The van der Waals surface area contributed by atoms with Gasteiger partial charge in [0.1, 0.15) is 6.10 Å². The fourth-order valence-corrected chi connectivity index (χ4v) is 3.19. The van der Waals surface area contributed by atoms with E-state index in [4.69, 9.17) is 9.47 Å². The first-order valence-electron chi connectivity index (χ1n) is 6.20. The van der Waals surface area contributed by atoms with Crippen LogP contribution >= 0.6 is 11.3 Å². The van der Waals surface area contributed by atoms with Crippen LogP contribution in [0.25, 0.3) is 0 Å². The van der Waals surface area contributed by atoms with Crippen LogP contribution < -0.4 is 5.32 Å². The molecule has 1 aromatic heterocycles. The molecule has 5 heteroatoms. The summed E-state index contributed by atoms with van der Waals surface area (Å²) in [5.41, 5.74) is 1.03. The molecule has 0 unspecified atom stereocenters. The van der Waals surface area contributed by atoms with Gasteiger partial charge in [-0.15, -0.1) is 11.3 Å². The van der Waals surface area contributed by atoms with E-state index >= 15 is 0 Å². The molecule has 4 nitrogen and oxygen atoms in total. The van der Waals surface area contributed by atoms with E-state index < -0.39 is 0 Å². The molecular formula is C12H18N2O2S. The van der Waals surface area contributed by atoms with Gasteiger partial charge in [-0.3, -0.25) is 0 Å². The molecule has 0 aliphatic carbocycles. The van der Waals surface area contributed by atoms with Crippen molar-refractivity contribution in [1.29, 1.82) is 0 Å². The van der Waals surface area contributed by atoms with Crippen LogP contribution in [0.2, 0.25) is 0 Å². The summed E-state index contributed by atoms with van der Waals surface area (Å²) in [5, 5.41) is 6.65. The zero-order valence-corrected chi connectivity index (χ0v) is 10.8. The third-order valence-corrected chi connectivity index (χ3v) is 4.25. The molecule has 1 aromatic rings. The van der Waals surface area contributed by atoms with Crippen molar-refractivity contribution < 1.29 is 9.47 Å². The summed E-state index contributed by atoms with van der Waals surface area (Å²) < 4.78 is 11.7. The summed E-state index contributed by atoms with van der Waals surface area (Å²) >= 11 is 1.67. The molecule has 2 aliphatic rings. The molecule has 0 spiro atoms. The predicted octanol–water partition coefficient (Wildman–Crippen LogP) is 1.49. The van der Waals surface area contributed by atoms with E-state index in [-0.39, 0.29) is 12.2 Å². The Morgan fingerprint density at radius 3 is 3.41 bits per heavy atom. The first-order chi connectivity index (χ1) is 8.33. The third-order valence-electron chi connectivity index (χ3n) is 3.43. The Kier molecular flexibility index (Phi) is 3.42. The van der Waals surface area contributed by atoms with Crippen LogP contribution in [0.5, 0.6) is 0 Å². The minimum atomic E-state index is 0.183. The number of thiazole rings is 1. The molecule has 2 fully saturated rings. The highest BCUT2D eigenvalue weighted by Crippen LogP contribution is 2.24. The highest BCUT2D eigenvalue weighted by Gasteiger charge is 2.39. The van der Waals surface area contributed by atoms with Gasteiger partial charge in [0.2, 0.25) is 0 Å². The second-order valence-electron chi connectivity index (χ2n) is 4.70. The number of fused-ring (bicyclic) bond motifs is 1. The zero-order valence-electron chi connectivity index (χ0n) is 10.0. The van der Waals surface area contributed by atoms with Crippen LogP contribution in [-0.2, 0) is 16.1 Å². The summed E-state index contributed by atoms with van der Waals surface area (Å²) in [7, 11) is 0. The van der Waals surface area contributed by atoms with Gasteiger partial charge in [-0.25, -0.2) is 4.98 Å². The van der Waals surface area contributed by atoms with Crippen molar-refractivity contribution in [3.05, 3.63) is 16.1 Å². The van der Waals surface area contributed by atoms with Crippen LogP contribution in [0.3, 0.4) is 0 Å². The van der Waals surface area contributed by atoms with Gasteiger partial charge in [0.05, 0.1) is 23.4 Å². The third kappa shape index (κ3) is 2.52. The topological polar surface area (TPSA) is 43.4 Å². The van der Waals surface area contributed by atoms with Crippen molar-refractivity contribution >= 4 is 11.3 Å². The van der Waals surface area contributed by atoms with Crippen LogP contribution in [-0.4, -0.2) is 36.4 Å². The molecule has 3 heterocycles. The number of nitrogens with zero attached hydrogens (tertiary/aromatic N) is 1. The van der Waals surface area contributed by atoms with Gasteiger partial charge < -0.3 is 14.8 Å². The molecule has 2 aliphatic heterocycles. The normalized spacial score (nSPS) is 32.6. The lowest BCUT2D eigenvalue weighted by molar-refractivity contribution is -0.0793. The molecule has 3 rings (SSSR count). The Morgan fingerprint density at radius 1 is 1.65 bits per heavy atom. The summed E-state index contributed by atoms with van der Waals surface area (Å²) in [6.07, 6.45) is 2.79. The quantitative estimate of drug-likeness (QED) is 0.887. The van der Waals surface area contributed by atoms with Gasteiger partial charge in [-0.05, 0) is 19.8 Å². The van der Waals surface area contributed by atoms with Crippen molar-refractivity contribution in [3.8, 4) is 0 Å². The summed E-state index contributed by atoms with van der Waals surface area (Å²) in [6.45, 7) is 4.39. The molecule has 94 valence electrons. The van der Waals surface area contributed by atoms with Crippen molar-refractivity contribution in [2.75, 3.05) is 13.2 Å². The maximum absolute atomic E-state index is 5.93. The van der Waals surface area contributed by atoms with Crippen molar-refractivity contribution in [3.63, 3.8) is 0 Å². The van der Waals surface area contributed by atoms with Gasteiger partial charge in [0.25, 0.3) is 0 Å². The molecule has 0 amide bonds. The summed E-state index contributed by atoms with van der Waals surface area (Å²) in [4.78, 5) is 4.41. The fourth-order valence-electron chi connectivity index (χ4n) is 2.59. The SMILES string of the molecule is Cc1nc(CO[C@@H]2CN[C@@H]3CCCO[C@@H]32)cs1. The molecule has 3 atom stereocenters. The monoisotopic (exact) mass is 254 g/mol. The zero-order chi connectivity index (χ0) is 11.7. The number of rotatable bonds is 3. The number of aromatic nitrogens is 1. The number of ether oxygens (including phenoxy) is 2. The number of hydrogen-bond acceptors (Lipinski definition) is 5. The average molecular weight is 254 g/mol. The van der Waals surface area contributed by atoms with Gasteiger partial charge in [0.15, 0.2) is 0 Å². The van der Waals surface area contributed by atoms with Crippen LogP contribution in [0.15, 0.2) is 5.38 Å². The Balaban J connectivity index is 1.55. The molecular weight excluding hydrogens is 236 g/mol. The maximum Gasteiger partial charge on any atom is 0.100 e. The van der Waals surface area contributed by atoms with Crippen LogP contribution in [0.4, 0.5) is 0 Å². The largest absolute Gasteiger partial charge is 0.374 e. The lowest BCUT2D eigenvalue weighted by atomic mass is 10.0. The molecule has 1 N–H and O–H groups in total. The number of aryl methyl sites for hydroxylation is 1. The summed E-state index contributed by atoms with van der Waals surface area (Å²) in [6, 6.07) is 0.492. The van der Waals surface area contributed by atoms with E-state index in [9.17, 15) is 0 Å². The first kappa shape index (κ1) is 11.6. The highest BCUT2D eigenvalue weighted by atomic mass is 32.1. The van der Waals surface area contributed by atoms with Crippen molar-refractivity contribution in [1.82, 2.24) is 10.3 Å². The molecule has 0 radical (unpaired) electrons. The maximum atomic E-state index is 5.93. The number of hydrogen-bond donors (Lipinski definition) is 1. The molecule has 2 saturated heterocycles. The predicted molar refractivity (Wildman–Crippen MR) is 66.2 cm³/mol. The van der Waals surface area contributed by atoms with Crippen molar-refractivity contribution in [2.45, 2.75) is 44.6 Å². The Bertz CT molecular complexity index is 382. The smallest absolute Gasteiger partial charge is 0.100 e. The minimum absolute atomic E-state index is 0.183. The number of nitrogens with one attached hydrogen (secondary N) is 1. The highest BCUT2D eigenvalue weighted by molar-refractivity contribution is 7.09. The Morgan fingerprint density at radius 2 is 2.59 bits per heavy atom. The van der Waals surface area contributed by atoms with Gasteiger partial charge >= 0.3 is 0 Å². The van der Waals surface area contributed by atoms with E-state index in [1.165, 1.54) is 6.42 Å². The van der Waals surface area contributed by atoms with Crippen LogP contribution in [0.1, 0.15) is 23.5 Å². The van der Waals surface area contributed by atoms with E-state index in [2.05, 4.69) is 15.7 Å². The lowest BCUT2D eigenvalue weighted by Crippen LogP contribution is -2.40. The van der Waals surface area contributed by atoms with Crippen LogP contribution in [0, 0.1) is 6.92 Å². The van der Waals surface area contributed by atoms with Gasteiger partial charge in [0, 0.05) is 24.6 Å². The van der Waals surface area contributed by atoms with E-state index in [1.807, 2.05) is 6.92 Å². The molecule has 17 heavy (non-hydrogen) atoms. The summed E-state index contributed by atoms with van der Waals surface area (Å²) in [5.74, 6) is 0. The molecule has 0 saturated carbocycles. The Labute approximate surface area is 105 Å². The van der Waals surface area contributed by atoms with Gasteiger partial charge in [-0.1, -0.05) is 0 Å². The fraction of sp³-hybridized carbons (Fsp3) is 0.750. The second kappa shape index (κ2) is 5.02.